The lowest BCUT2D eigenvalue weighted by molar-refractivity contribution is -0.123. The number of nitrogens with zero attached hydrogens (tertiary/aromatic N) is 1. The van der Waals surface area contributed by atoms with Crippen LogP contribution in [-0.4, -0.2) is 44.7 Å². The molecule has 1 aromatic carbocycles. The molecule has 2 unspecified atom stereocenters. The number of methoxy groups -OCH3 is 1. The van der Waals surface area contributed by atoms with Crippen LogP contribution in [0.3, 0.4) is 0 Å². The highest BCUT2D eigenvalue weighted by Gasteiger charge is 2.28. The van der Waals surface area contributed by atoms with Crippen LogP contribution in [0.25, 0.3) is 0 Å². The molecule has 1 aromatic rings. The van der Waals surface area contributed by atoms with Gasteiger partial charge in [-0.3, -0.25) is 4.79 Å². The second kappa shape index (κ2) is 6.35. The molecule has 5 nitrogen and oxygen atoms in total. The van der Waals surface area contributed by atoms with E-state index in [1.165, 1.54) is 0 Å². The number of carbonyl (C=O) groups excluding carboxylic acids is 1. The van der Waals surface area contributed by atoms with E-state index < -0.39 is 0 Å². The van der Waals surface area contributed by atoms with Crippen molar-refractivity contribution in [2.45, 2.75) is 31.3 Å². The summed E-state index contributed by atoms with van der Waals surface area (Å²) in [5, 5.41) is 6.42. The quantitative estimate of drug-likeness (QED) is 0.873. The van der Waals surface area contributed by atoms with Crippen LogP contribution >= 0.6 is 0 Å². The Labute approximate surface area is 125 Å². The summed E-state index contributed by atoms with van der Waals surface area (Å²) in [7, 11) is 1.68. The van der Waals surface area contributed by atoms with Gasteiger partial charge in [-0.2, -0.15) is 0 Å². The molecule has 21 heavy (non-hydrogen) atoms. The molecule has 0 bridgehead atoms. The molecule has 2 heterocycles. The van der Waals surface area contributed by atoms with Crippen LogP contribution in [0, 0.1) is 0 Å². The maximum Gasteiger partial charge on any atom is 0.237 e. The van der Waals surface area contributed by atoms with Crippen LogP contribution in [0.1, 0.15) is 19.3 Å². The van der Waals surface area contributed by atoms with Gasteiger partial charge in [0.15, 0.2) is 0 Å². The Kier molecular flexibility index (Phi) is 4.29. The van der Waals surface area contributed by atoms with Crippen LogP contribution in [0.4, 0.5) is 5.69 Å². The first-order valence-electron chi connectivity index (χ1n) is 7.69. The van der Waals surface area contributed by atoms with Crippen LogP contribution in [0.5, 0.6) is 5.75 Å². The first-order valence-corrected chi connectivity index (χ1v) is 7.69. The van der Waals surface area contributed by atoms with E-state index in [2.05, 4.69) is 21.6 Å². The number of ether oxygens (including phenoxy) is 1. The Morgan fingerprint density at radius 3 is 3.10 bits per heavy atom. The molecule has 0 radical (unpaired) electrons. The molecule has 5 heteroatoms. The predicted octanol–water partition coefficient (Wildman–Crippen LogP) is 1.14. The van der Waals surface area contributed by atoms with Crippen LogP contribution < -0.4 is 20.3 Å². The van der Waals surface area contributed by atoms with Crippen molar-refractivity contribution < 1.29 is 9.53 Å². The van der Waals surface area contributed by atoms with E-state index in [-0.39, 0.29) is 18.0 Å². The van der Waals surface area contributed by atoms with E-state index >= 15 is 0 Å². The second-order valence-corrected chi connectivity index (χ2v) is 5.79. The van der Waals surface area contributed by atoms with Crippen molar-refractivity contribution >= 4 is 11.6 Å². The van der Waals surface area contributed by atoms with Gasteiger partial charge in [-0.05, 0) is 37.9 Å². The number of hydrogen-bond acceptors (Lipinski definition) is 4. The zero-order chi connectivity index (χ0) is 14.7. The Morgan fingerprint density at radius 1 is 1.43 bits per heavy atom. The lowest BCUT2D eigenvalue weighted by atomic mass is 10.2. The van der Waals surface area contributed by atoms with Gasteiger partial charge < -0.3 is 20.3 Å². The molecule has 2 N–H and O–H groups in total. The Morgan fingerprint density at radius 2 is 2.33 bits per heavy atom. The highest BCUT2D eigenvalue weighted by atomic mass is 16.5. The van der Waals surface area contributed by atoms with Gasteiger partial charge in [0, 0.05) is 30.9 Å². The molecule has 2 atom stereocenters. The van der Waals surface area contributed by atoms with Crippen molar-refractivity contribution in [1.29, 1.82) is 0 Å². The minimum absolute atomic E-state index is 0.0101. The maximum absolute atomic E-state index is 12.1. The lowest BCUT2D eigenvalue weighted by Gasteiger charge is -2.20. The van der Waals surface area contributed by atoms with Gasteiger partial charge in [-0.25, -0.2) is 0 Å². The van der Waals surface area contributed by atoms with Crippen LogP contribution in [-0.2, 0) is 4.79 Å². The van der Waals surface area contributed by atoms with Crippen molar-refractivity contribution in [1.82, 2.24) is 10.6 Å². The highest BCUT2D eigenvalue weighted by Crippen LogP contribution is 2.24. The average molecular weight is 289 g/mol. The summed E-state index contributed by atoms with van der Waals surface area (Å²) < 4.78 is 5.27. The highest BCUT2D eigenvalue weighted by molar-refractivity contribution is 5.82. The molecule has 0 aliphatic carbocycles. The van der Waals surface area contributed by atoms with Gasteiger partial charge in [0.25, 0.3) is 0 Å². The number of nitrogens with one attached hydrogen (secondary N) is 2. The summed E-state index contributed by atoms with van der Waals surface area (Å²) in [6.45, 7) is 2.79. The molecule has 2 fully saturated rings. The third kappa shape index (κ3) is 3.29. The van der Waals surface area contributed by atoms with Crippen molar-refractivity contribution in [3.8, 4) is 5.75 Å². The van der Waals surface area contributed by atoms with Crippen molar-refractivity contribution in [2.75, 3.05) is 31.6 Å². The van der Waals surface area contributed by atoms with Gasteiger partial charge in [0.1, 0.15) is 5.75 Å². The van der Waals surface area contributed by atoms with E-state index in [4.69, 9.17) is 4.74 Å². The van der Waals surface area contributed by atoms with Crippen LogP contribution in [0.2, 0.25) is 0 Å². The molecular weight excluding hydrogens is 266 g/mol. The summed E-state index contributed by atoms with van der Waals surface area (Å²) in [6, 6.07) is 8.34. The SMILES string of the molecule is COc1cccc(N2CCC(NC(=O)C3CCCN3)C2)c1. The van der Waals surface area contributed by atoms with E-state index in [0.717, 1.165) is 50.3 Å². The number of anilines is 1. The minimum atomic E-state index is 0.0101. The van der Waals surface area contributed by atoms with E-state index in [1.807, 2.05) is 18.2 Å². The molecule has 1 amide bonds. The number of benzene rings is 1. The number of amides is 1. The predicted molar refractivity (Wildman–Crippen MR) is 82.8 cm³/mol. The molecule has 0 saturated carbocycles. The lowest BCUT2D eigenvalue weighted by Crippen LogP contribution is -2.46. The summed E-state index contributed by atoms with van der Waals surface area (Å²) in [4.78, 5) is 14.4. The maximum atomic E-state index is 12.1. The van der Waals surface area contributed by atoms with E-state index in [1.54, 1.807) is 7.11 Å². The average Bonchev–Trinajstić information content (AvgIpc) is 3.18. The fraction of sp³-hybridized carbons (Fsp3) is 0.562. The molecule has 0 spiro atoms. The van der Waals surface area contributed by atoms with Gasteiger partial charge in [0.2, 0.25) is 5.91 Å². The summed E-state index contributed by atoms with van der Waals surface area (Å²) in [5.74, 6) is 1.03. The zero-order valence-electron chi connectivity index (χ0n) is 12.5. The normalized spacial score (nSPS) is 25.1. The van der Waals surface area contributed by atoms with E-state index in [0.29, 0.717) is 0 Å². The summed E-state index contributed by atoms with van der Waals surface area (Å²) in [5.41, 5.74) is 1.16. The fourth-order valence-corrected chi connectivity index (χ4v) is 3.13. The monoisotopic (exact) mass is 289 g/mol. The minimum Gasteiger partial charge on any atom is -0.497 e. The third-order valence-electron chi connectivity index (χ3n) is 4.33. The van der Waals surface area contributed by atoms with Gasteiger partial charge in [-0.15, -0.1) is 0 Å². The molecule has 2 aliphatic rings. The second-order valence-electron chi connectivity index (χ2n) is 5.79. The fourth-order valence-electron chi connectivity index (χ4n) is 3.13. The third-order valence-corrected chi connectivity index (χ3v) is 4.33. The molecule has 2 saturated heterocycles. The van der Waals surface area contributed by atoms with Crippen molar-refractivity contribution in [3.05, 3.63) is 24.3 Å². The smallest absolute Gasteiger partial charge is 0.237 e. The summed E-state index contributed by atoms with van der Waals surface area (Å²) in [6.07, 6.45) is 3.05. The Bertz CT molecular complexity index is 500. The van der Waals surface area contributed by atoms with Crippen LogP contribution in [0.15, 0.2) is 24.3 Å². The van der Waals surface area contributed by atoms with Crippen molar-refractivity contribution in [3.63, 3.8) is 0 Å². The topological polar surface area (TPSA) is 53.6 Å². The molecular formula is C16H23N3O2. The number of rotatable bonds is 4. The van der Waals surface area contributed by atoms with Gasteiger partial charge >= 0.3 is 0 Å². The van der Waals surface area contributed by atoms with Gasteiger partial charge in [0.05, 0.1) is 13.2 Å². The molecule has 3 rings (SSSR count). The molecule has 114 valence electrons. The molecule has 2 aliphatic heterocycles. The summed E-state index contributed by atoms with van der Waals surface area (Å²) >= 11 is 0. The number of carbonyl (C=O) groups is 1. The molecule has 0 aromatic heterocycles. The van der Waals surface area contributed by atoms with E-state index in [9.17, 15) is 4.79 Å². The first kappa shape index (κ1) is 14.2. The number of hydrogen-bond donors (Lipinski definition) is 2. The largest absolute Gasteiger partial charge is 0.497 e. The standard InChI is InChI=1S/C16H23N3O2/c1-21-14-5-2-4-13(10-14)19-9-7-12(11-19)18-16(20)15-6-3-8-17-15/h2,4-5,10,12,15,17H,3,6-9,11H2,1H3,(H,18,20). The first-order chi connectivity index (χ1) is 10.3. The Balaban J connectivity index is 1.56. The van der Waals surface area contributed by atoms with Gasteiger partial charge in [-0.1, -0.05) is 6.07 Å². The Hall–Kier alpha value is -1.75. The van der Waals surface area contributed by atoms with Crippen molar-refractivity contribution in [2.24, 2.45) is 0 Å². The zero-order valence-corrected chi connectivity index (χ0v) is 12.5.